The summed E-state index contributed by atoms with van der Waals surface area (Å²) in [4.78, 5) is 15.6. The van der Waals surface area contributed by atoms with Crippen LogP contribution < -0.4 is 0 Å². The fraction of sp³-hybridized carbons (Fsp3) is 0.929. The van der Waals surface area contributed by atoms with Gasteiger partial charge in [0.1, 0.15) is 6.61 Å². The first-order valence-corrected chi connectivity index (χ1v) is 7.08. The molecule has 0 aromatic rings. The van der Waals surface area contributed by atoms with Crippen molar-refractivity contribution < 1.29 is 9.53 Å². The number of hydrogen-bond acceptors (Lipinski definition) is 3. The number of nitrogens with zero attached hydrogens (tertiary/aromatic N) is 2. The lowest BCUT2D eigenvalue weighted by atomic mass is 9.83. The Balaban J connectivity index is 1.95. The third-order valence-electron chi connectivity index (χ3n) is 4.77. The zero-order chi connectivity index (χ0) is 13.3. The fourth-order valence-corrected chi connectivity index (χ4v) is 3.69. The van der Waals surface area contributed by atoms with Crippen LogP contribution in [0.15, 0.2) is 0 Å². The molecule has 0 aliphatic carbocycles. The number of hydrogen-bond donors (Lipinski definition) is 0. The van der Waals surface area contributed by atoms with Crippen molar-refractivity contribution in [3.05, 3.63) is 0 Å². The lowest BCUT2D eigenvalue weighted by molar-refractivity contribution is 0.0535. The Labute approximate surface area is 110 Å². The molecule has 2 atom stereocenters. The van der Waals surface area contributed by atoms with E-state index < -0.39 is 0 Å². The Morgan fingerprint density at radius 2 is 2.17 bits per heavy atom. The smallest absolute Gasteiger partial charge is 0.409 e. The van der Waals surface area contributed by atoms with E-state index in [0.717, 1.165) is 0 Å². The molecule has 104 valence electrons. The minimum absolute atomic E-state index is 0.226. The molecule has 18 heavy (non-hydrogen) atoms. The number of rotatable bonds is 3. The molecule has 0 N–H and O–H groups in total. The van der Waals surface area contributed by atoms with Crippen LogP contribution in [0.5, 0.6) is 0 Å². The normalized spacial score (nSPS) is 31.7. The minimum Gasteiger partial charge on any atom is -0.448 e. The first-order chi connectivity index (χ1) is 8.47. The van der Waals surface area contributed by atoms with Crippen molar-refractivity contribution in [1.29, 1.82) is 0 Å². The lowest BCUT2D eigenvalue weighted by Crippen LogP contribution is -2.47. The van der Waals surface area contributed by atoms with Crippen LogP contribution in [0.25, 0.3) is 0 Å². The van der Waals surface area contributed by atoms with E-state index in [4.69, 9.17) is 4.74 Å². The van der Waals surface area contributed by atoms with E-state index in [2.05, 4.69) is 18.7 Å². The number of carbonyl (C=O) groups excluding carboxylic acids is 1. The van der Waals surface area contributed by atoms with Crippen molar-refractivity contribution in [2.45, 2.75) is 51.1 Å². The van der Waals surface area contributed by atoms with Crippen LogP contribution in [-0.2, 0) is 4.74 Å². The molecule has 0 saturated carbocycles. The van der Waals surface area contributed by atoms with Gasteiger partial charge in [-0.3, -0.25) is 4.90 Å². The van der Waals surface area contributed by atoms with Gasteiger partial charge < -0.3 is 9.64 Å². The second-order valence-electron chi connectivity index (χ2n) is 6.22. The highest BCUT2D eigenvalue weighted by molar-refractivity contribution is 5.66. The molecule has 4 heteroatoms. The summed E-state index contributed by atoms with van der Waals surface area (Å²) in [6.07, 6.45) is 4.79. The summed E-state index contributed by atoms with van der Waals surface area (Å²) >= 11 is 0. The molecule has 0 radical (unpaired) electrons. The Hall–Kier alpha value is -0.770. The van der Waals surface area contributed by atoms with Crippen LogP contribution in [0.3, 0.4) is 0 Å². The Bertz CT molecular complexity index is 317. The van der Waals surface area contributed by atoms with Gasteiger partial charge >= 0.3 is 6.09 Å². The van der Waals surface area contributed by atoms with Crippen LogP contribution in [0, 0.1) is 5.92 Å². The van der Waals surface area contributed by atoms with E-state index in [1.807, 2.05) is 0 Å². The summed E-state index contributed by atoms with van der Waals surface area (Å²) in [7, 11) is 3.45. The first kappa shape index (κ1) is 13.7. The second kappa shape index (κ2) is 5.08. The summed E-state index contributed by atoms with van der Waals surface area (Å²) in [5.74, 6) is 0.689. The largest absolute Gasteiger partial charge is 0.448 e. The molecule has 2 unspecified atom stereocenters. The second-order valence-corrected chi connectivity index (χ2v) is 6.22. The molecular formula is C14H26N2O2. The van der Waals surface area contributed by atoms with Crippen molar-refractivity contribution in [2.75, 3.05) is 27.2 Å². The van der Waals surface area contributed by atoms with E-state index >= 15 is 0 Å². The molecule has 0 spiro atoms. The highest BCUT2D eigenvalue weighted by atomic mass is 16.6. The van der Waals surface area contributed by atoms with Gasteiger partial charge in [-0.15, -0.1) is 0 Å². The molecule has 0 bridgehead atoms. The molecule has 2 aliphatic rings. The van der Waals surface area contributed by atoms with Gasteiger partial charge in [0.2, 0.25) is 0 Å². The monoisotopic (exact) mass is 254 g/mol. The highest BCUT2D eigenvalue weighted by Crippen LogP contribution is 2.46. The van der Waals surface area contributed by atoms with Gasteiger partial charge in [0.25, 0.3) is 0 Å². The van der Waals surface area contributed by atoms with Crippen LogP contribution >= 0.6 is 0 Å². The Kier molecular flexibility index (Phi) is 3.85. The standard InChI is InChI=1S/C14H26N2O2/c1-11(2)14-7-5-9-16(14)12(6-8-14)10-18-13(17)15(3)4/h11-12H,5-10H2,1-4H3. The van der Waals surface area contributed by atoms with Crippen molar-refractivity contribution in [1.82, 2.24) is 9.80 Å². The summed E-state index contributed by atoms with van der Waals surface area (Å²) in [6, 6.07) is 0.429. The maximum Gasteiger partial charge on any atom is 0.409 e. The van der Waals surface area contributed by atoms with Gasteiger partial charge in [0.15, 0.2) is 0 Å². The van der Waals surface area contributed by atoms with E-state index in [0.29, 0.717) is 24.1 Å². The van der Waals surface area contributed by atoms with Crippen molar-refractivity contribution in [2.24, 2.45) is 5.92 Å². The molecule has 2 heterocycles. The van der Waals surface area contributed by atoms with E-state index in [1.165, 1.54) is 37.1 Å². The van der Waals surface area contributed by atoms with E-state index in [1.54, 1.807) is 14.1 Å². The van der Waals surface area contributed by atoms with Gasteiger partial charge in [-0.2, -0.15) is 0 Å². The average molecular weight is 254 g/mol. The predicted molar refractivity (Wildman–Crippen MR) is 71.6 cm³/mol. The summed E-state index contributed by atoms with van der Waals surface area (Å²) in [6.45, 7) is 6.37. The predicted octanol–water partition coefficient (Wildman–Crippen LogP) is 2.34. The van der Waals surface area contributed by atoms with Gasteiger partial charge in [-0.1, -0.05) is 13.8 Å². The summed E-state index contributed by atoms with van der Waals surface area (Å²) < 4.78 is 5.37. The van der Waals surface area contributed by atoms with Crippen molar-refractivity contribution in [3.63, 3.8) is 0 Å². The van der Waals surface area contributed by atoms with Crippen LogP contribution in [0.4, 0.5) is 4.79 Å². The maximum absolute atomic E-state index is 11.5. The number of fused-ring (bicyclic) bond motifs is 1. The van der Waals surface area contributed by atoms with Gasteiger partial charge in [0.05, 0.1) is 0 Å². The first-order valence-electron chi connectivity index (χ1n) is 7.08. The molecule has 2 aliphatic heterocycles. The van der Waals surface area contributed by atoms with Crippen molar-refractivity contribution in [3.8, 4) is 0 Å². The zero-order valence-corrected chi connectivity index (χ0v) is 12.1. The van der Waals surface area contributed by atoms with Gasteiger partial charge in [-0.25, -0.2) is 4.79 Å². The zero-order valence-electron chi connectivity index (χ0n) is 12.1. The van der Waals surface area contributed by atoms with Gasteiger partial charge in [0, 0.05) is 25.7 Å². The molecule has 0 aromatic carbocycles. The highest BCUT2D eigenvalue weighted by Gasteiger charge is 2.50. The van der Waals surface area contributed by atoms with Gasteiger partial charge in [-0.05, 0) is 38.1 Å². The number of carbonyl (C=O) groups is 1. The number of amides is 1. The average Bonchev–Trinajstić information content (AvgIpc) is 2.85. The molecule has 2 saturated heterocycles. The molecule has 0 aromatic heterocycles. The van der Waals surface area contributed by atoms with Crippen LogP contribution in [0.2, 0.25) is 0 Å². The summed E-state index contributed by atoms with van der Waals surface area (Å²) in [5, 5.41) is 0. The minimum atomic E-state index is -0.226. The maximum atomic E-state index is 11.5. The molecule has 2 rings (SSSR count). The van der Waals surface area contributed by atoms with Crippen LogP contribution in [-0.4, -0.2) is 54.7 Å². The summed E-state index contributed by atoms with van der Waals surface area (Å²) in [5.41, 5.74) is 0.384. The third kappa shape index (κ3) is 2.22. The third-order valence-corrected chi connectivity index (χ3v) is 4.77. The molecule has 4 nitrogen and oxygen atoms in total. The topological polar surface area (TPSA) is 32.8 Å². The Morgan fingerprint density at radius 1 is 1.44 bits per heavy atom. The lowest BCUT2D eigenvalue weighted by Gasteiger charge is -2.38. The quantitative estimate of drug-likeness (QED) is 0.775. The van der Waals surface area contributed by atoms with E-state index in [-0.39, 0.29) is 6.09 Å². The molecule has 1 amide bonds. The molecular weight excluding hydrogens is 228 g/mol. The Morgan fingerprint density at radius 3 is 2.78 bits per heavy atom. The molecule has 2 fully saturated rings. The number of ether oxygens (including phenoxy) is 1. The van der Waals surface area contributed by atoms with E-state index in [9.17, 15) is 4.79 Å². The van der Waals surface area contributed by atoms with Crippen molar-refractivity contribution >= 4 is 6.09 Å². The fourth-order valence-electron chi connectivity index (χ4n) is 3.69. The van der Waals surface area contributed by atoms with Crippen LogP contribution in [0.1, 0.15) is 39.5 Å². The SMILES string of the molecule is CC(C)C12CCCN1C(COC(=O)N(C)C)CC2.